The van der Waals surface area contributed by atoms with Gasteiger partial charge in [-0.15, -0.1) is 0 Å². The Morgan fingerprint density at radius 1 is 1.14 bits per heavy atom. The summed E-state index contributed by atoms with van der Waals surface area (Å²) in [5.41, 5.74) is 1.03. The molecule has 1 aromatic carbocycles. The summed E-state index contributed by atoms with van der Waals surface area (Å²) in [6.45, 7) is 8.89. The first-order chi connectivity index (χ1) is 13.1. The van der Waals surface area contributed by atoms with E-state index in [1.807, 2.05) is 39.8 Å². The molecule has 152 valence electrons. The monoisotopic (exact) mass is 386 g/mol. The Labute approximate surface area is 166 Å². The van der Waals surface area contributed by atoms with Crippen molar-refractivity contribution in [2.75, 3.05) is 13.1 Å². The quantitative estimate of drug-likeness (QED) is 0.790. The molecule has 2 heterocycles. The van der Waals surface area contributed by atoms with Crippen LogP contribution in [-0.2, 0) is 19.7 Å². The van der Waals surface area contributed by atoms with Gasteiger partial charge in [-0.05, 0) is 64.0 Å². The first kappa shape index (κ1) is 20.4. The third-order valence-electron chi connectivity index (χ3n) is 5.77. The Bertz CT molecular complexity index is 758. The summed E-state index contributed by atoms with van der Waals surface area (Å²) >= 11 is 0. The van der Waals surface area contributed by atoms with Crippen LogP contribution in [0.2, 0.25) is 0 Å². The van der Waals surface area contributed by atoms with Crippen molar-refractivity contribution >= 4 is 17.9 Å². The molecule has 0 bridgehead atoms. The fraction of sp³-hybridized carbons (Fsp3) is 0.591. The van der Waals surface area contributed by atoms with Gasteiger partial charge in [0.15, 0.2) is 0 Å². The summed E-state index contributed by atoms with van der Waals surface area (Å²) in [5, 5.41) is 2.45. The molecule has 0 aromatic heterocycles. The number of nitrogens with zero attached hydrogens (tertiary/aromatic N) is 1. The molecule has 6 nitrogen and oxygen atoms in total. The molecule has 0 spiro atoms. The number of amides is 3. The van der Waals surface area contributed by atoms with Crippen LogP contribution < -0.4 is 5.32 Å². The minimum Gasteiger partial charge on any atom is -0.444 e. The molecule has 0 radical (unpaired) electrons. The van der Waals surface area contributed by atoms with E-state index < -0.39 is 11.0 Å². The number of nitrogens with one attached hydrogen (secondary N) is 1. The highest BCUT2D eigenvalue weighted by molar-refractivity contribution is 6.03. The van der Waals surface area contributed by atoms with Crippen molar-refractivity contribution in [1.29, 1.82) is 0 Å². The number of piperidine rings is 2. The maximum atomic E-state index is 12.3. The van der Waals surface area contributed by atoms with E-state index in [0.717, 1.165) is 18.4 Å². The Morgan fingerprint density at radius 3 is 2.29 bits per heavy atom. The highest BCUT2D eigenvalue weighted by Crippen LogP contribution is 2.34. The van der Waals surface area contributed by atoms with Gasteiger partial charge in [0.1, 0.15) is 5.60 Å². The van der Waals surface area contributed by atoms with Crippen molar-refractivity contribution in [1.82, 2.24) is 10.2 Å². The zero-order valence-electron chi connectivity index (χ0n) is 17.2. The van der Waals surface area contributed by atoms with E-state index >= 15 is 0 Å². The van der Waals surface area contributed by atoms with E-state index in [1.54, 1.807) is 4.90 Å². The second kappa shape index (κ2) is 7.57. The Hall–Kier alpha value is -2.37. The van der Waals surface area contributed by atoms with Crippen LogP contribution >= 0.6 is 0 Å². The maximum Gasteiger partial charge on any atom is 0.410 e. The Balaban J connectivity index is 1.62. The second-order valence-electron chi connectivity index (χ2n) is 9.07. The molecule has 0 aliphatic carbocycles. The minimum atomic E-state index is -0.660. The molecule has 1 aromatic rings. The average molecular weight is 386 g/mol. The number of hydrogen-bond acceptors (Lipinski definition) is 4. The van der Waals surface area contributed by atoms with Gasteiger partial charge in [0, 0.05) is 19.5 Å². The molecular formula is C22H30N2O4. The predicted molar refractivity (Wildman–Crippen MR) is 106 cm³/mol. The summed E-state index contributed by atoms with van der Waals surface area (Å²) in [4.78, 5) is 37.8. The summed E-state index contributed by atoms with van der Waals surface area (Å²) in [6.07, 6.45) is 2.45. The molecule has 1 N–H and O–H groups in total. The summed E-state index contributed by atoms with van der Waals surface area (Å²) < 4.78 is 5.45. The van der Waals surface area contributed by atoms with Crippen LogP contribution in [0, 0.1) is 0 Å². The van der Waals surface area contributed by atoms with Gasteiger partial charge in [-0.3, -0.25) is 14.9 Å². The van der Waals surface area contributed by atoms with Gasteiger partial charge in [0.2, 0.25) is 11.8 Å². The number of carbonyl (C=O) groups is 3. The first-order valence-electron chi connectivity index (χ1n) is 10.0. The molecule has 2 saturated heterocycles. The number of likely N-dealkylation sites (tertiary alicyclic amines) is 1. The lowest BCUT2D eigenvalue weighted by Crippen LogP contribution is -2.49. The molecular weight excluding hydrogens is 356 g/mol. The van der Waals surface area contributed by atoms with Gasteiger partial charge in [-0.25, -0.2) is 4.79 Å². The summed E-state index contributed by atoms with van der Waals surface area (Å²) in [7, 11) is 0. The molecule has 3 amide bonds. The topological polar surface area (TPSA) is 75.7 Å². The Kier molecular flexibility index (Phi) is 5.50. The fourth-order valence-corrected chi connectivity index (χ4v) is 3.92. The molecule has 0 unspecified atom stereocenters. The molecule has 3 rings (SSSR count). The van der Waals surface area contributed by atoms with Gasteiger partial charge in [0.25, 0.3) is 0 Å². The number of rotatable bonds is 2. The largest absolute Gasteiger partial charge is 0.444 e. The smallest absolute Gasteiger partial charge is 0.410 e. The summed E-state index contributed by atoms with van der Waals surface area (Å²) in [5.74, 6) is -0.0275. The van der Waals surface area contributed by atoms with Crippen LogP contribution in [0.25, 0.3) is 0 Å². The minimum absolute atomic E-state index is 0.198. The van der Waals surface area contributed by atoms with Crippen molar-refractivity contribution in [3.63, 3.8) is 0 Å². The molecule has 2 aliphatic rings. The lowest BCUT2D eigenvalue weighted by molar-refractivity contribution is -0.137. The zero-order chi connectivity index (χ0) is 20.5. The highest BCUT2D eigenvalue weighted by Gasteiger charge is 2.40. The van der Waals surface area contributed by atoms with Gasteiger partial charge in [0.05, 0.1) is 5.41 Å². The van der Waals surface area contributed by atoms with E-state index in [0.29, 0.717) is 31.8 Å². The zero-order valence-corrected chi connectivity index (χ0v) is 17.2. The van der Waals surface area contributed by atoms with E-state index in [1.165, 1.54) is 5.56 Å². The van der Waals surface area contributed by atoms with Crippen LogP contribution in [0.4, 0.5) is 4.79 Å². The first-order valence-corrected chi connectivity index (χ1v) is 10.0. The van der Waals surface area contributed by atoms with Gasteiger partial charge < -0.3 is 9.64 Å². The standard InChI is InChI=1S/C22H30N2O4/c1-21(2,3)28-20(27)24-13-10-16(11-14-24)15-5-7-17(8-6-15)22(4)12-9-18(25)23-19(22)26/h5-8,16H,9-14H2,1-4H3,(H,23,25,26)/t22-/m1/s1. The normalized spacial score (nSPS) is 24.1. The maximum absolute atomic E-state index is 12.3. The van der Waals surface area contributed by atoms with Crippen molar-refractivity contribution < 1.29 is 19.1 Å². The summed E-state index contributed by atoms with van der Waals surface area (Å²) in [6, 6.07) is 8.17. The van der Waals surface area contributed by atoms with Crippen LogP contribution in [0.15, 0.2) is 24.3 Å². The van der Waals surface area contributed by atoms with Crippen molar-refractivity contribution in [3.05, 3.63) is 35.4 Å². The number of hydrogen-bond donors (Lipinski definition) is 1. The van der Waals surface area contributed by atoms with Gasteiger partial charge in [-0.2, -0.15) is 0 Å². The van der Waals surface area contributed by atoms with Crippen LogP contribution in [0.1, 0.15) is 70.4 Å². The number of benzene rings is 1. The third-order valence-corrected chi connectivity index (χ3v) is 5.77. The van der Waals surface area contributed by atoms with Gasteiger partial charge in [-0.1, -0.05) is 24.3 Å². The van der Waals surface area contributed by atoms with E-state index in [9.17, 15) is 14.4 Å². The van der Waals surface area contributed by atoms with E-state index in [4.69, 9.17) is 4.74 Å². The molecule has 1 atom stereocenters. The van der Waals surface area contributed by atoms with Crippen LogP contribution in [0.3, 0.4) is 0 Å². The highest BCUT2D eigenvalue weighted by atomic mass is 16.6. The van der Waals surface area contributed by atoms with Gasteiger partial charge >= 0.3 is 6.09 Å². The lowest BCUT2D eigenvalue weighted by atomic mass is 9.75. The predicted octanol–water partition coefficient (Wildman–Crippen LogP) is 3.50. The fourth-order valence-electron chi connectivity index (χ4n) is 3.92. The third kappa shape index (κ3) is 4.37. The average Bonchev–Trinajstić information content (AvgIpc) is 2.64. The lowest BCUT2D eigenvalue weighted by Gasteiger charge is -2.34. The molecule has 2 aliphatic heterocycles. The SMILES string of the molecule is CC(C)(C)OC(=O)N1CCC(c2ccc([C@@]3(C)CCC(=O)NC3=O)cc2)CC1. The molecule has 28 heavy (non-hydrogen) atoms. The molecule has 6 heteroatoms. The second-order valence-corrected chi connectivity index (χ2v) is 9.07. The van der Waals surface area contributed by atoms with E-state index in [-0.39, 0.29) is 17.9 Å². The molecule has 0 saturated carbocycles. The van der Waals surface area contributed by atoms with Crippen LogP contribution in [0.5, 0.6) is 0 Å². The van der Waals surface area contributed by atoms with Crippen LogP contribution in [-0.4, -0.2) is 41.5 Å². The van der Waals surface area contributed by atoms with Crippen molar-refractivity contribution in [3.8, 4) is 0 Å². The number of carbonyl (C=O) groups excluding carboxylic acids is 3. The molecule has 2 fully saturated rings. The Morgan fingerprint density at radius 2 is 1.75 bits per heavy atom. The number of ether oxygens (including phenoxy) is 1. The van der Waals surface area contributed by atoms with E-state index in [2.05, 4.69) is 17.4 Å². The number of imide groups is 1. The van der Waals surface area contributed by atoms with Crippen molar-refractivity contribution in [2.45, 2.75) is 70.3 Å². The van der Waals surface area contributed by atoms with Crippen molar-refractivity contribution in [2.24, 2.45) is 0 Å².